The molecular formula is C16H23F2N3O2. The van der Waals surface area contributed by atoms with Gasteiger partial charge in [-0.05, 0) is 39.4 Å². The smallest absolute Gasteiger partial charge is 0.238 e. The Bertz CT molecular complexity index is 571. The predicted molar refractivity (Wildman–Crippen MR) is 85.0 cm³/mol. The highest BCUT2D eigenvalue weighted by Crippen LogP contribution is 2.14. The van der Waals surface area contributed by atoms with E-state index < -0.39 is 17.5 Å². The van der Waals surface area contributed by atoms with Crippen LogP contribution in [-0.4, -0.2) is 41.9 Å². The lowest BCUT2D eigenvalue weighted by Crippen LogP contribution is -2.47. The number of likely N-dealkylation sites (N-methyl/N-ethyl adjacent to an activating group) is 1. The molecule has 7 heteroatoms. The van der Waals surface area contributed by atoms with Gasteiger partial charge in [0.25, 0.3) is 0 Å². The highest BCUT2D eigenvalue weighted by molar-refractivity contribution is 5.92. The summed E-state index contributed by atoms with van der Waals surface area (Å²) in [6.45, 7) is 7.90. The number of rotatable bonds is 6. The molecule has 1 aromatic rings. The van der Waals surface area contributed by atoms with Crippen LogP contribution in [0.1, 0.15) is 27.7 Å². The molecular weight excluding hydrogens is 304 g/mol. The summed E-state index contributed by atoms with van der Waals surface area (Å²) in [4.78, 5) is 25.4. The van der Waals surface area contributed by atoms with Crippen LogP contribution >= 0.6 is 0 Å². The van der Waals surface area contributed by atoms with Gasteiger partial charge in [0.2, 0.25) is 11.8 Å². The fourth-order valence-corrected chi connectivity index (χ4v) is 1.92. The second-order valence-corrected chi connectivity index (χ2v) is 6.27. The molecule has 0 aliphatic rings. The predicted octanol–water partition coefficient (Wildman–Crippen LogP) is 2.14. The van der Waals surface area contributed by atoms with Crippen LogP contribution in [0.3, 0.4) is 0 Å². The molecule has 0 unspecified atom stereocenters. The zero-order valence-electron chi connectivity index (χ0n) is 13.9. The minimum absolute atomic E-state index is 0.0626. The van der Waals surface area contributed by atoms with E-state index in [4.69, 9.17) is 0 Å². The van der Waals surface area contributed by atoms with Crippen molar-refractivity contribution in [1.82, 2.24) is 10.2 Å². The van der Waals surface area contributed by atoms with Crippen molar-refractivity contribution >= 4 is 17.5 Å². The number of amides is 2. The fourth-order valence-electron chi connectivity index (χ4n) is 1.92. The standard InChI is InChI=1S/C16H23F2N3O2/c1-5-21(10-15(23)20-16(2,3)4)9-14(22)19-13-7-6-11(17)8-12(13)18/h6-8H,5,9-10H2,1-4H3,(H,19,22)(H,20,23). The number of nitrogens with zero attached hydrogens (tertiary/aromatic N) is 1. The lowest BCUT2D eigenvalue weighted by Gasteiger charge is -2.24. The van der Waals surface area contributed by atoms with E-state index >= 15 is 0 Å². The van der Waals surface area contributed by atoms with Gasteiger partial charge in [0, 0.05) is 11.6 Å². The first-order chi connectivity index (χ1) is 10.6. The van der Waals surface area contributed by atoms with E-state index in [9.17, 15) is 18.4 Å². The molecule has 0 fully saturated rings. The number of carbonyl (C=O) groups is 2. The topological polar surface area (TPSA) is 61.4 Å². The van der Waals surface area contributed by atoms with Crippen LogP contribution in [0.5, 0.6) is 0 Å². The van der Waals surface area contributed by atoms with E-state index in [1.54, 1.807) is 4.90 Å². The lowest BCUT2D eigenvalue weighted by atomic mass is 10.1. The van der Waals surface area contributed by atoms with E-state index in [0.29, 0.717) is 12.6 Å². The van der Waals surface area contributed by atoms with Crippen LogP contribution in [0, 0.1) is 11.6 Å². The van der Waals surface area contributed by atoms with Crippen molar-refractivity contribution in [3.05, 3.63) is 29.8 Å². The van der Waals surface area contributed by atoms with Gasteiger partial charge in [0.05, 0.1) is 18.8 Å². The van der Waals surface area contributed by atoms with Crippen LogP contribution in [0.25, 0.3) is 0 Å². The molecule has 0 aliphatic carbocycles. The third kappa shape index (κ3) is 7.19. The molecule has 0 heterocycles. The van der Waals surface area contributed by atoms with E-state index in [-0.39, 0.29) is 30.2 Å². The molecule has 0 aromatic heterocycles. The first-order valence-electron chi connectivity index (χ1n) is 7.39. The van der Waals surface area contributed by atoms with E-state index in [1.807, 2.05) is 27.7 Å². The van der Waals surface area contributed by atoms with Gasteiger partial charge < -0.3 is 10.6 Å². The Morgan fingerprint density at radius 2 is 1.74 bits per heavy atom. The SMILES string of the molecule is CCN(CC(=O)Nc1ccc(F)cc1F)CC(=O)NC(C)(C)C. The molecule has 128 valence electrons. The maximum atomic E-state index is 13.5. The average Bonchev–Trinajstić information content (AvgIpc) is 2.39. The normalized spacial score (nSPS) is 11.4. The Hall–Kier alpha value is -2.02. The highest BCUT2D eigenvalue weighted by Gasteiger charge is 2.18. The monoisotopic (exact) mass is 327 g/mol. The van der Waals surface area contributed by atoms with Gasteiger partial charge in [-0.1, -0.05) is 6.92 Å². The van der Waals surface area contributed by atoms with Crippen LogP contribution in [0.4, 0.5) is 14.5 Å². The van der Waals surface area contributed by atoms with Gasteiger partial charge in [-0.15, -0.1) is 0 Å². The number of halogens is 2. The van der Waals surface area contributed by atoms with Crippen LogP contribution in [0.15, 0.2) is 18.2 Å². The Morgan fingerprint density at radius 3 is 2.26 bits per heavy atom. The fraction of sp³-hybridized carbons (Fsp3) is 0.500. The van der Waals surface area contributed by atoms with Gasteiger partial charge in [-0.2, -0.15) is 0 Å². The number of benzene rings is 1. The molecule has 0 atom stereocenters. The quantitative estimate of drug-likeness (QED) is 0.841. The second kappa shape index (κ2) is 8.01. The van der Waals surface area contributed by atoms with Crippen molar-refractivity contribution in [1.29, 1.82) is 0 Å². The Labute approximate surface area is 135 Å². The highest BCUT2D eigenvalue weighted by atomic mass is 19.1. The summed E-state index contributed by atoms with van der Waals surface area (Å²) in [7, 11) is 0. The third-order valence-electron chi connectivity index (χ3n) is 2.90. The Kier molecular flexibility index (Phi) is 6.62. The van der Waals surface area contributed by atoms with Gasteiger partial charge in [0.15, 0.2) is 0 Å². The van der Waals surface area contributed by atoms with Crippen molar-refractivity contribution in [2.75, 3.05) is 25.0 Å². The van der Waals surface area contributed by atoms with Crippen molar-refractivity contribution in [3.8, 4) is 0 Å². The minimum atomic E-state index is -0.841. The Morgan fingerprint density at radius 1 is 1.13 bits per heavy atom. The first kappa shape index (κ1) is 19.0. The molecule has 0 saturated heterocycles. The zero-order chi connectivity index (χ0) is 17.6. The van der Waals surface area contributed by atoms with Crippen molar-refractivity contribution in [3.63, 3.8) is 0 Å². The Balaban J connectivity index is 2.58. The van der Waals surface area contributed by atoms with Gasteiger partial charge >= 0.3 is 0 Å². The number of anilines is 1. The van der Waals surface area contributed by atoms with Gasteiger partial charge in [0.1, 0.15) is 11.6 Å². The summed E-state index contributed by atoms with van der Waals surface area (Å²) in [6.07, 6.45) is 0. The molecule has 0 bridgehead atoms. The molecule has 2 amide bonds. The van der Waals surface area contributed by atoms with Crippen molar-refractivity contribution in [2.45, 2.75) is 33.2 Å². The number of nitrogens with one attached hydrogen (secondary N) is 2. The lowest BCUT2D eigenvalue weighted by molar-refractivity contribution is -0.124. The summed E-state index contributed by atoms with van der Waals surface area (Å²) in [5.74, 6) is -2.22. The summed E-state index contributed by atoms with van der Waals surface area (Å²) in [5, 5.41) is 5.18. The van der Waals surface area contributed by atoms with Crippen molar-refractivity contribution < 1.29 is 18.4 Å². The van der Waals surface area contributed by atoms with Crippen LogP contribution in [-0.2, 0) is 9.59 Å². The average molecular weight is 327 g/mol. The summed E-state index contributed by atoms with van der Waals surface area (Å²) in [5.41, 5.74) is -0.442. The number of carbonyl (C=O) groups excluding carboxylic acids is 2. The molecule has 0 radical (unpaired) electrons. The zero-order valence-corrected chi connectivity index (χ0v) is 13.9. The molecule has 23 heavy (non-hydrogen) atoms. The van der Waals surface area contributed by atoms with Crippen molar-refractivity contribution in [2.24, 2.45) is 0 Å². The van der Waals surface area contributed by atoms with E-state index in [1.165, 1.54) is 0 Å². The van der Waals surface area contributed by atoms with Gasteiger partial charge in [-0.25, -0.2) is 8.78 Å². The summed E-state index contributed by atoms with van der Waals surface area (Å²) >= 11 is 0. The first-order valence-corrected chi connectivity index (χ1v) is 7.39. The molecule has 1 aromatic carbocycles. The maximum absolute atomic E-state index is 13.5. The summed E-state index contributed by atoms with van der Waals surface area (Å²) in [6, 6.07) is 2.92. The van der Waals surface area contributed by atoms with Gasteiger partial charge in [-0.3, -0.25) is 14.5 Å². The van der Waals surface area contributed by atoms with Crippen LogP contribution < -0.4 is 10.6 Å². The molecule has 5 nitrogen and oxygen atoms in total. The maximum Gasteiger partial charge on any atom is 0.238 e. The van der Waals surface area contributed by atoms with Crippen LogP contribution in [0.2, 0.25) is 0 Å². The molecule has 0 aliphatic heterocycles. The largest absolute Gasteiger partial charge is 0.350 e. The van der Waals surface area contributed by atoms with E-state index in [0.717, 1.165) is 12.1 Å². The molecule has 0 saturated carbocycles. The number of hydrogen-bond donors (Lipinski definition) is 2. The molecule has 2 N–H and O–H groups in total. The molecule has 1 rings (SSSR count). The van der Waals surface area contributed by atoms with E-state index in [2.05, 4.69) is 10.6 Å². The second-order valence-electron chi connectivity index (χ2n) is 6.27. The molecule has 0 spiro atoms. The number of hydrogen-bond acceptors (Lipinski definition) is 3. The minimum Gasteiger partial charge on any atom is -0.350 e. The third-order valence-corrected chi connectivity index (χ3v) is 2.90. The summed E-state index contributed by atoms with van der Waals surface area (Å²) < 4.78 is 26.3.